The number of anilines is 1. The van der Waals surface area contributed by atoms with Gasteiger partial charge in [-0.15, -0.1) is 0 Å². The fraction of sp³-hybridized carbons (Fsp3) is 0.231. The standard InChI is InChI=1S/C13H14N4O3S/c1-2-14-12-5-10(11(7-15-12)17(19)20)13(18)16-6-9-3-4-21-8-9/h3-5,7-8H,2,6H2,1H3,(H,14,15)(H,16,18). The van der Waals surface area contributed by atoms with E-state index in [2.05, 4.69) is 15.6 Å². The van der Waals surface area contributed by atoms with Crippen LogP contribution in [0.5, 0.6) is 0 Å². The van der Waals surface area contributed by atoms with Crippen molar-refractivity contribution in [2.75, 3.05) is 11.9 Å². The molecule has 0 saturated carbocycles. The van der Waals surface area contributed by atoms with Gasteiger partial charge in [0.15, 0.2) is 0 Å². The Bertz CT molecular complexity index is 643. The third kappa shape index (κ3) is 3.76. The maximum atomic E-state index is 12.2. The number of carbonyl (C=O) groups is 1. The minimum atomic E-state index is -0.609. The highest BCUT2D eigenvalue weighted by molar-refractivity contribution is 7.07. The van der Waals surface area contributed by atoms with E-state index in [4.69, 9.17) is 0 Å². The van der Waals surface area contributed by atoms with E-state index in [-0.39, 0.29) is 11.3 Å². The second-order valence-electron chi connectivity index (χ2n) is 4.19. The number of hydrogen-bond donors (Lipinski definition) is 2. The molecule has 0 fully saturated rings. The van der Waals surface area contributed by atoms with E-state index in [1.807, 2.05) is 23.8 Å². The second-order valence-corrected chi connectivity index (χ2v) is 4.97. The Kier molecular flexibility index (Phi) is 4.83. The number of nitrogens with one attached hydrogen (secondary N) is 2. The Morgan fingerprint density at radius 2 is 2.33 bits per heavy atom. The Labute approximate surface area is 125 Å². The summed E-state index contributed by atoms with van der Waals surface area (Å²) < 4.78 is 0. The van der Waals surface area contributed by atoms with Crippen molar-refractivity contribution in [1.82, 2.24) is 10.3 Å². The summed E-state index contributed by atoms with van der Waals surface area (Å²) >= 11 is 1.52. The normalized spacial score (nSPS) is 10.1. The van der Waals surface area contributed by atoms with E-state index in [1.165, 1.54) is 17.4 Å². The van der Waals surface area contributed by atoms with E-state index in [0.717, 1.165) is 11.8 Å². The molecule has 110 valence electrons. The molecular weight excluding hydrogens is 292 g/mol. The molecule has 21 heavy (non-hydrogen) atoms. The number of thiophene rings is 1. The molecule has 0 radical (unpaired) electrons. The lowest BCUT2D eigenvalue weighted by atomic mass is 10.2. The molecule has 2 aromatic heterocycles. The maximum Gasteiger partial charge on any atom is 0.300 e. The molecule has 2 heterocycles. The number of carbonyl (C=O) groups excluding carboxylic acids is 1. The molecule has 1 amide bonds. The molecule has 2 N–H and O–H groups in total. The average Bonchev–Trinajstić information content (AvgIpc) is 2.98. The quantitative estimate of drug-likeness (QED) is 0.631. The fourth-order valence-electron chi connectivity index (χ4n) is 1.72. The molecule has 0 saturated heterocycles. The van der Waals surface area contributed by atoms with Gasteiger partial charge in [0.25, 0.3) is 11.6 Å². The predicted octanol–water partition coefficient (Wildman–Crippen LogP) is 2.41. The average molecular weight is 306 g/mol. The van der Waals surface area contributed by atoms with Crippen LogP contribution >= 0.6 is 11.3 Å². The number of nitrogens with zero attached hydrogens (tertiary/aromatic N) is 2. The Hall–Kier alpha value is -2.48. The molecule has 8 heteroatoms. The molecule has 7 nitrogen and oxygen atoms in total. The lowest BCUT2D eigenvalue weighted by Crippen LogP contribution is -2.23. The van der Waals surface area contributed by atoms with Crippen molar-refractivity contribution in [3.63, 3.8) is 0 Å². The van der Waals surface area contributed by atoms with E-state index in [0.29, 0.717) is 18.9 Å². The largest absolute Gasteiger partial charge is 0.370 e. The topological polar surface area (TPSA) is 97.2 Å². The van der Waals surface area contributed by atoms with Crippen molar-refractivity contribution in [3.8, 4) is 0 Å². The van der Waals surface area contributed by atoms with Crippen LogP contribution in [0.1, 0.15) is 22.8 Å². The van der Waals surface area contributed by atoms with Crippen LogP contribution in [0.15, 0.2) is 29.1 Å². The van der Waals surface area contributed by atoms with Crippen LogP contribution in [0.3, 0.4) is 0 Å². The lowest BCUT2D eigenvalue weighted by molar-refractivity contribution is -0.385. The third-order valence-electron chi connectivity index (χ3n) is 2.72. The molecule has 0 spiro atoms. The molecule has 2 rings (SSSR count). The Morgan fingerprint density at radius 1 is 1.52 bits per heavy atom. The number of hydrogen-bond acceptors (Lipinski definition) is 6. The summed E-state index contributed by atoms with van der Waals surface area (Å²) in [6.45, 7) is 2.82. The van der Waals surface area contributed by atoms with Gasteiger partial charge >= 0.3 is 0 Å². The van der Waals surface area contributed by atoms with Crippen LogP contribution in [0.4, 0.5) is 11.5 Å². The second kappa shape index (κ2) is 6.80. The van der Waals surface area contributed by atoms with Gasteiger partial charge in [0.05, 0.1) is 4.92 Å². The summed E-state index contributed by atoms with van der Waals surface area (Å²) in [6, 6.07) is 3.28. The summed E-state index contributed by atoms with van der Waals surface area (Å²) in [6.07, 6.45) is 1.09. The smallest absolute Gasteiger partial charge is 0.300 e. The number of nitro groups is 1. The molecule has 0 aliphatic heterocycles. The van der Waals surface area contributed by atoms with Gasteiger partial charge in [-0.05, 0) is 29.3 Å². The highest BCUT2D eigenvalue weighted by atomic mass is 32.1. The van der Waals surface area contributed by atoms with Crippen molar-refractivity contribution in [1.29, 1.82) is 0 Å². The van der Waals surface area contributed by atoms with Crippen LogP contribution in [-0.4, -0.2) is 22.4 Å². The zero-order valence-electron chi connectivity index (χ0n) is 11.3. The number of rotatable bonds is 6. The zero-order chi connectivity index (χ0) is 15.2. The van der Waals surface area contributed by atoms with Gasteiger partial charge in [-0.1, -0.05) is 0 Å². The number of amides is 1. The molecule has 0 unspecified atom stereocenters. The van der Waals surface area contributed by atoms with Gasteiger partial charge in [0, 0.05) is 19.2 Å². The zero-order valence-corrected chi connectivity index (χ0v) is 12.1. The molecule has 0 atom stereocenters. The maximum absolute atomic E-state index is 12.2. The van der Waals surface area contributed by atoms with E-state index in [9.17, 15) is 14.9 Å². The molecular formula is C13H14N4O3S. The van der Waals surface area contributed by atoms with Crippen LogP contribution in [0.25, 0.3) is 0 Å². The van der Waals surface area contributed by atoms with Crippen molar-refractivity contribution >= 4 is 28.7 Å². The highest BCUT2D eigenvalue weighted by Crippen LogP contribution is 2.20. The summed E-state index contributed by atoms with van der Waals surface area (Å²) in [5, 5.41) is 20.4. The fourth-order valence-corrected chi connectivity index (χ4v) is 2.39. The number of aromatic nitrogens is 1. The summed E-state index contributed by atoms with van der Waals surface area (Å²) in [5.74, 6) is -0.0572. The third-order valence-corrected chi connectivity index (χ3v) is 3.45. The van der Waals surface area contributed by atoms with Gasteiger partial charge in [0.1, 0.15) is 17.6 Å². The first-order valence-corrected chi connectivity index (χ1v) is 7.23. The van der Waals surface area contributed by atoms with E-state index >= 15 is 0 Å². The minimum absolute atomic E-state index is 0.00109. The van der Waals surface area contributed by atoms with Gasteiger partial charge < -0.3 is 10.6 Å². The van der Waals surface area contributed by atoms with Crippen molar-refractivity contribution in [3.05, 3.63) is 50.3 Å². The molecule has 0 bridgehead atoms. The SMILES string of the molecule is CCNc1cc(C(=O)NCc2ccsc2)c([N+](=O)[O-])cn1. The lowest BCUT2D eigenvalue weighted by Gasteiger charge is -2.07. The number of pyridine rings is 1. The van der Waals surface area contributed by atoms with Crippen molar-refractivity contribution in [2.45, 2.75) is 13.5 Å². The Balaban J connectivity index is 2.20. The first-order chi connectivity index (χ1) is 10.1. The Morgan fingerprint density at radius 3 is 2.95 bits per heavy atom. The van der Waals surface area contributed by atoms with Gasteiger partial charge in [-0.25, -0.2) is 4.98 Å². The van der Waals surface area contributed by atoms with Gasteiger partial charge in [-0.2, -0.15) is 11.3 Å². The van der Waals surface area contributed by atoms with Crippen LogP contribution in [-0.2, 0) is 6.54 Å². The predicted molar refractivity (Wildman–Crippen MR) is 80.5 cm³/mol. The van der Waals surface area contributed by atoms with Crippen LogP contribution < -0.4 is 10.6 Å². The van der Waals surface area contributed by atoms with Crippen molar-refractivity contribution < 1.29 is 9.72 Å². The highest BCUT2D eigenvalue weighted by Gasteiger charge is 2.21. The minimum Gasteiger partial charge on any atom is -0.370 e. The molecule has 2 aromatic rings. The first-order valence-electron chi connectivity index (χ1n) is 6.29. The molecule has 0 aromatic carbocycles. The van der Waals surface area contributed by atoms with Crippen LogP contribution in [0, 0.1) is 10.1 Å². The summed E-state index contributed by atoms with van der Waals surface area (Å²) in [4.78, 5) is 26.5. The van der Waals surface area contributed by atoms with Crippen LogP contribution in [0.2, 0.25) is 0 Å². The van der Waals surface area contributed by atoms with Gasteiger partial charge in [0.2, 0.25) is 0 Å². The van der Waals surface area contributed by atoms with Crippen molar-refractivity contribution in [2.24, 2.45) is 0 Å². The summed E-state index contributed by atoms with van der Waals surface area (Å²) in [7, 11) is 0. The van der Waals surface area contributed by atoms with Gasteiger partial charge in [-0.3, -0.25) is 14.9 Å². The van der Waals surface area contributed by atoms with E-state index < -0.39 is 10.8 Å². The first kappa shape index (κ1) is 14.9. The summed E-state index contributed by atoms with van der Waals surface area (Å²) in [5.41, 5.74) is 0.651. The molecule has 0 aliphatic rings. The monoisotopic (exact) mass is 306 g/mol. The molecule has 0 aliphatic carbocycles. The van der Waals surface area contributed by atoms with E-state index in [1.54, 1.807) is 0 Å².